The summed E-state index contributed by atoms with van der Waals surface area (Å²) in [6.45, 7) is 2.28. The zero-order valence-electron chi connectivity index (χ0n) is 18.9. The summed E-state index contributed by atoms with van der Waals surface area (Å²) >= 11 is 0. The Bertz CT molecular complexity index is 1300. The van der Waals surface area contributed by atoms with Gasteiger partial charge in [0.2, 0.25) is 0 Å². The SMILES string of the molecule is CCOc1cc([C@H]2Nc3ccc(C(=O)c4ccccc4)cc3NC3=C2C(=O)CCC3)ccc1O. The first-order valence-corrected chi connectivity index (χ1v) is 11.5. The molecule has 6 heteroatoms. The van der Waals surface area contributed by atoms with Crippen LogP contribution in [-0.4, -0.2) is 23.3 Å². The van der Waals surface area contributed by atoms with E-state index < -0.39 is 6.04 Å². The number of ether oxygens (including phenoxy) is 1. The number of rotatable bonds is 5. The number of aromatic hydroxyl groups is 1. The molecule has 2 aliphatic rings. The number of anilines is 2. The number of ketones is 2. The number of fused-ring (bicyclic) bond motifs is 1. The number of carbonyl (C=O) groups excluding carboxylic acids is 2. The molecule has 3 aromatic rings. The molecule has 0 unspecified atom stereocenters. The summed E-state index contributed by atoms with van der Waals surface area (Å²) in [5.41, 5.74) is 5.13. The number of benzene rings is 3. The van der Waals surface area contributed by atoms with E-state index in [2.05, 4.69) is 10.6 Å². The van der Waals surface area contributed by atoms with E-state index in [0.29, 0.717) is 35.5 Å². The standard InChI is InChI=1S/C28H26N2O4/c1-2-34-25-16-18(12-14-23(25)31)27-26-21(9-6-10-24(26)32)29-22-15-19(11-13-20(22)30-27)28(33)17-7-4-3-5-8-17/h3-5,7-8,11-16,27,29-31H,2,6,9-10H2,1H3/t27-/m1/s1. The highest BCUT2D eigenvalue weighted by Gasteiger charge is 2.32. The Hall–Kier alpha value is -4.06. The van der Waals surface area contributed by atoms with E-state index in [4.69, 9.17) is 4.74 Å². The summed E-state index contributed by atoms with van der Waals surface area (Å²) in [7, 11) is 0. The van der Waals surface area contributed by atoms with Crippen LogP contribution in [0, 0.1) is 0 Å². The maximum Gasteiger partial charge on any atom is 0.193 e. The average Bonchev–Trinajstić information content (AvgIpc) is 3.02. The molecule has 0 fully saturated rings. The molecule has 0 spiro atoms. The van der Waals surface area contributed by atoms with Crippen molar-refractivity contribution in [1.82, 2.24) is 0 Å². The molecular weight excluding hydrogens is 428 g/mol. The number of hydrogen-bond acceptors (Lipinski definition) is 6. The lowest BCUT2D eigenvalue weighted by atomic mass is 9.86. The van der Waals surface area contributed by atoms with Gasteiger partial charge in [-0.2, -0.15) is 0 Å². The van der Waals surface area contributed by atoms with Crippen LogP contribution in [0.1, 0.15) is 53.7 Å². The number of carbonyl (C=O) groups is 2. The molecule has 0 amide bonds. The van der Waals surface area contributed by atoms with Gasteiger partial charge in [0, 0.05) is 28.8 Å². The number of hydrogen-bond donors (Lipinski definition) is 3. The summed E-state index contributed by atoms with van der Waals surface area (Å²) in [6.07, 6.45) is 2.00. The second-order valence-electron chi connectivity index (χ2n) is 8.49. The van der Waals surface area contributed by atoms with Crippen molar-refractivity contribution in [3.05, 3.63) is 94.7 Å². The Labute approximate surface area is 198 Å². The zero-order chi connectivity index (χ0) is 23.7. The molecule has 0 bridgehead atoms. The second-order valence-corrected chi connectivity index (χ2v) is 8.49. The van der Waals surface area contributed by atoms with Crippen molar-refractivity contribution in [2.75, 3.05) is 17.2 Å². The van der Waals surface area contributed by atoms with E-state index in [1.807, 2.05) is 37.3 Å². The van der Waals surface area contributed by atoms with E-state index in [0.717, 1.165) is 35.5 Å². The number of Topliss-reactive ketones (excluding diaryl/α,β-unsaturated/α-hetero) is 1. The summed E-state index contributed by atoms with van der Waals surface area (Å²) in [4.78, 5) is 26.1. The molecule has 0 saturated heterocycles. The van der Waals surface area contributed by atoms with Crippen molar-refractivity contribution in [2.45, 2.75) is 32.2 Å². The monoisotopic (exact) mass is 454 g/mol. The lowest BCUT2D eigenvalue weighted by Gasteiger charge is -2.25. The predicted molar refractivity (Wildman–Crippen MR) is 131 cm³/mol. The van der Waals surface area contributed by atoms with Gasteiger partial charge in [-0.3, -0.25) is 9.59 Å². The average molecular weight is 455 g/mol. The van der Waals surface area contributed by atoms with Crippen molar-refractivity contribution in [2.24, 2.45) is 0 Å². The fourth-order valence-corrected chi connectivity index (χ4v) is 4.62. The molecule has 34 heavy (non-hydrogen) atoms. The lowest BCUT2D eigenvalue weighted by molar-refractivity contribution is -0.116. The Kier molecular flexibility index (Phi) is 5.80. The molecular formula is C28H26N2O4. The molecule has 1 aliphatic heterocycles. The van der Waals surface area contributed by atoms with Crippen LogP contribution in [0.15, 0.2) is 78.0 Å². The van der Waals surface area contributed by atoms with Gasteiger partial charge in [0.25, 0.3) is 0 Å². The van der Waals surface area contributed by atoms with Gasteiger partial charge in [-0.15, -0.1) is 0 Å². The van der Waals surface area contributed by atoms with Crippen LogP contribution < -0.4 is 15.4 Å². The number of nitrogens with one attached hydrogen (secondary N) is 2. The van der Waals surface area contributed by atoms with Gasteiger partial charge < -0.3 is 20.5 Å². The van der Waals surface area contributed by atoms with E-state index in [1.165, 1.54) is 0 Å². The van der Waals surface area contributed by atoms with Crippen LogP contribution in [0.25, 0.3) is 0 Å². The molecule has 0 aromatic heterocycles. The second kappa shape index (κ2) is 9.06. The topological polar surface area (TPSA) is 87.7 Å². The summed E-state index contributed by atoms with van der Waals surface area (Å²) < 4.78 is 5.58. The summed E-state index contributed by atoms with van der Waals surface area (Å²) in [6, 6.07) is 19.5. The van der Waals surface area contributed by atoms with E-state index in [9.17, 15) is 14.7 Å². The minimum atomic E-state index is -0.410. The fraction of sp³-hybridized carbons (Fsp3) is 0.214. The van der Waals surface area contributed by atoms with Crippen molar-refractivity contribution < 1.29 is 19.4 Å². The molecule has 0 radical (unpaired) electrons. The van der Waals surface area contributed by atoms with Crippen LogP contribution in [0.4, 0.5) is 11.4 Å². The Morgan fingerprint density at radius 2 is 1.82 bits per heavy atom. The minimum Gasteiger partial charge on any atom is -0.504 e. The predicted octanol–water partition coefficient (Wildman–Crippen LogP) is 5.61. The van der Waals surface area contributed by atoms with Crippen molar-refractivity contribution in [3.63, 3.8) is 0 Å². The van der Waals surface area contributed by atoms with Crippen LogP contribution in [-0.2, 0) is 4.79 Å². The molecule has 5 rings (SSSR count). The molecule has 3 aromatic carbocycles. The molecule has 1 heterocycles. The molecule has 1 atom stereocenters. The number of phenolic OH excluding ortho intramolecular Hbond substituents is 1. The maximum absolute atomic E-state index is 13.1. The fourth-order valence-electron chi connectivity index (χ4n) is 4.62. The van der Waals surface area contributed by atoms with E-state index in [1.54, 1.807) is 36.4 Å². The third kappa shape index (κ3) is 4.03. The van der Waals surface area contributed by atoms with Crippen LogP contribution >= 0.6 is 0 Å². The van der Waals surface area contributed by atoms with Gasteiger partial charge in [-0.05, 0) is 55.7 Å². The Balaban J connectivity index is 1.58. The van der Waals surface area contributed by atoms with E-state index in [-0.39, 0.29) is 17.3 Å². The molecule has 6 nitrogen and oxygen atoms in total. The Morgan fingerprint density at radius 3 is 2.62 bits per heavy atom. The van der Waals surface area contributed by atoms with Gasteiger partial charge in [-0.1, -0.05) is 36.4 Å². The highest BCUT2D eigenvalue weighted by atomic mass is 16.5. The first-order valence-electron chi connectivity index (χ1n) is 11.5. The summed E-state index contributed by atoms with van der Waals surface area (Å²) in [5, 5.41) is 17.1. The van der Waals surface area contributed by atoms with Crippen LogP contribution in [0.3, 0.4) is 0 Å². The van der Waals surface area contributed by atoms with Crippen molar-refractivity contribution >= 4 is 22.9 Å². The lowest BCUT2D eigenvalue weighted by Crippen LogP contribution is -2.23. The highest BCUT2D eigenvalue weighted by molar-refractivity contribution is 6.10. The van der Waals surface area contributed by atoms with Crippen molar-refractivity contribution in [1.29, 1.82) is 0 Å². The quantitative estimate of drug-likeness (QED) is 0.435. The smallest absolute Gasteiger partial charge is 0.193 e. The van der Waals surface area contributed by atoms with E-state index >= 15 is 0 Å². The van der Waals surface area contributed by atoms with Gasteiger partial charge in [0.1, 0.15) is 0 Å². The maximum atomic E-state index is 13.1. The van der Waals surface area contributed by atoms with Gasteiger partial charge in [-0.25, -0.2) is 0 Å². The number of phenols is 1. The third-order valence-corrected chi connectivity index (χ3v) is 6.26. The molecule has 172 valence electrons. The van der Waals surface area contributed by atoms with Gasteiger partial charge in [0.05, 0.1) is 24.0 Å². The summed E-state index contributed by atoms with van der Waals surface area (Å²) in [5.74, 6) is 0.477. The normalized spacial score (nSPS) is 17.1. The third-order valence-electron chi connectivity index (χ3n) is 6.26. The van der Waals surface area contributed by atoms with Crippen molar-refractivity contribution in [3.8, 4) is 11.5 Å². The first kappa shape index (κ1) is 21.8. The molecule has 3 N–H and O–H groups in total. The largest absolute Gasteiger partial charge is 0.504 e. The molecule has 1 aliphatic carbocycles. The van der Waals surface area contributed by atoms with Crippen LogP contribution in [0.5, 0.6) is 11.5 Å². The Morgan fingerprint density at radius 1 is 1.00 bits per heavy atom. The number of allylic oxidation sites excluding steroid dienone is 1. The zero-order valence-corrected chi connectivity index (χ0v) is 18.9. The van der Waals surface area contributed by atoms with Crippen LogP contribution in [0.2, 0.25) is 0 Å². The highest BCUT2D eigenvalue weighted by Crippen LogP contribution is 2.42. The first-order chi connectivity index (χ1) is 16.5. The van der Waals surface area contributed by atoms with Gasteiger partial charge >= 0.3 is 0 Å². The van der Waals surface area contributed by atoms with Gasteiger partial charge in [0.15, 0.2) is 23.1 Å². The molecule has 0 saturated carbocycles. The minimum absolute atomic E-state index is 0.0557.